The molecule has 25 heavy (non-hydrogen) atoms. The minimum Gasteiger partial charge on any atom is -0.342 e. The highest BCUT2D eigenvalue weighted by molar-refractivity contribution is 7.89. The number of carbonyl (C=O) groups excluding carboxylic acids is 1. The van der Waals surface area contributed by atoms with Gasteiger partial charge >= 0.3 is 0 Å². The lowest BCUT2D eigenvalue weighted by Crippen LogP contribution is -2.51. The summed E-state index contributed by atoms with van der Waals surface area (Å²) in [5.41, 5.74) is 2.27. The molecule has 0 radical (unpaired) electrons. The first-order valence-electron chi connectivity index (χ1n) is 8.64. The lowest BCUT2D eigenvalue weighted by Gasteiger charge is -2.34. The average Bonchev–Trinajstić information content (AvgIpc) is 2.98. The van der Waals surface area contributed by atoms with Crippen LogP contribution in [-0.2, 0) is 10.0 Å². The number of fused-ring (bicyclic) bond motifs is 1. The number of benzene rings is 1. The van der Waals surface area contributed by atoms with E-state index >= 15 is 0 Å². The number of aromatic nitrogens is 2. The van der Waals surface area contributed by atoms with Crippen molar-refractivity contribution in [2.24, 2.45) is 0 Å². The lowest BCUT2D eigenvalue weighted by molar-refractivity contribution is 0.0698. The molecule has 8 heteroatoms. The molecule has 136 valence electrons. The zero-order valence-electron chi connectivity index (χ0n) is 14.7. The fraction of sp³-hybridized carbons (Fsp3) is 0.529. The molecule has 7 nitrogen and oxygen atoms in total. The van der Waals surface area contributed by atoms with Crippen molar-refractivity contribution in [2.75, 3.05) is 31.9 Å². The smallest absolute Gasteiger partial charge is 0.254 e. The summed E-state index contributed by atoms with van der Waals surface area (Å²) >= 11 is 0. The van der Waals surface area contributed by atoms with Crippen LogP contribution in [0.4, 0.5) is 0 Å². The molecule has 1 saturated heterocycles. The van der Waals surface area contributed by atoms with Crippen LogP contribution in [0.5, 0.6) is 0 Å². The lowest BCUT2D eigenvalue weighted by atomic mass is 10.1. The number of hydrogen-bond acceptors (Lipinski definition) is 4. The Labute approximate surface area is 148 Å². The Kier molecular flexibility index (Phi) is 5.10. The highest BCUT2D eigenvalue weighted by atomic mass is 32.2. The van der Waals surface area contributed by atoms with Gasteiger partial charge in [0, 0.05) is 31.7 Å². The molecule has 0 unspecified atom stereocenters. The Morgan fingerprint density at radius 3 is 2.64 bits per heavy atom. The molecule has 0 atom stereocenters. The van der Waals surface area contributed by atoms with Crippen LogP contribution < -0.4 is 0 Å². The molecule has 0 bridgehead atoms. The monoisotopic (exact) mass is 364 g/mol. The number of rotatable bonds is 5. The van der Waals surface area contributed by atoms with Gasteiger partial charge < -0.3 is 9.88 Å². The zero-order chi connectivity index (χ0) is 18.0. The third kappa shape index (κ3) is 3.85. The maximum absolute atomic E-state index is 12.7. The number of piperazine rings is 1. The summed E-state index contributed by atoms with van der Waals surface area (Å²) in [5, 5.41) is 0. The third-order valence-electron chi connectivity index (χ3n) is 4.52. The fourth-order valence-electron chi connectivity index (χ4n) is 3.08. The van der Waals surface area contributed by atoms with Gasteiger partial charge in [0.05, 0.1) is 16.8 Å². The molecule has 1 aromatic heterocycles. The van der Waals surface area contributed by atoms with Crippen molar-refractivity contribution in [2.45, 2.75) is 26.7 Å². The maximum atomic E-state index is 12.7. The Morgan fingerprint density at radius 1 is 1.24 bits per heavy atom. The van der Waals surface area contributed by atoms with E-state index in [2.05, 4.69) is 9.97 Å². The van der Waals surface area contributed by atoms with Crippen LogP contribution in [0, 0.1) is 6.92 Å². The van der Waals surface area contributed by atoms with E-state index in [4.69, 9.17) is 0 Å². The number of sulfonamides is 1. The second-order valence-corrected chi connectivity index (χ2v) is 8.50. The van der Waals surface area contributed by atoms with Gasteiger partial charge in [-0.3, -0.25) is 4.79 Å². The first-order valence-corrected chi connectivity index (χ1v) is 10.2. The van der Waals surface area contributed by atoms with E-state index in [0.717, 1.165) is 23.3 Å². The normalized spacial score (nSPS) is 16.5. The Hall–Kier alpha value is -1.93. The number of nitrogens with one attached hydrogen (secondary N) is 1. The molecule has 1 aliphatic rings. The number of imidazole rings is 1. The van der Waals surface area contributed by atoms with Crippen LogP contribution in [0.25, 0.3) is 11.0 Å². The van der Waals surface area contributed by atoms with E-state index in [-0.39, 0.29) is 11.7 Å². The number of H-pyrrole nitrogens is 1. The summed E-state index contributed by atoms with van der Waals surface area (Å²) in [6, 6.07) is 5.41. The standard InChI is InChI=1S/C17H24N4O3S/c1-3-4-11-25(23,24)21-9-7-20(8-10-21)17(22)14-5-6-15-16(12-14)19-13(2)18-15/h5-6,12H,3-4,7-11H2,1-2H3,(H,18,19). The second kappa shape index (κ2) is 7.13. The second-order valence-electron chi connectivity index (χ2n) is 6.41. The fourth-order valence-corrected chi connectivity index (χ4v) is 4.71. The van der Waals surface area contributed by atoms with Crippen LogP contribution in [0.15, 0.2) is 18.2 Å². The molecule has 2 heterocycles. The van der Waals surface area contributed by atoms with Crippen molar-refractivity contribution >= 4 is 27.0 Å². The molecule has 0 aliphatic carbocycles. The largest absolute Gasteiger partial charge is 0.342 e. The molecule has 0 saturated carbocycles. The predicted molar refractivity (Wildman–Crippen MR) is 97.0 cm³/mol. The highest BCUT2D eigenvalue weighted by Gasteiger charge is 2.28. The summed E-state index contributed by atoms with van der Waals surface area (Å²) in [4.78, 5) is 21.9. The van der Waals surface area contributed by atoms with Crippen LogP contribution >= 0.6 is 0 Å². The van der Waals surface area contributed by atoms with Gasteiger partial charge in [0.1, 0.15) is 5.82 Å². The van der Waals surface area contributed by atoms with E-state index < -0.39 is 10.0 Å². The molecule has 0 spiro atoms. The van der Waals surface area contributed by atoms with Crippen molar-refractivity contribution in [3.63, 3.8) is 0 Å². The van der Waals surface area contributed by atoms with Gasteiger partial charge in [-0.1, -0.05) is 13.3 Å². The van der Waals surface area contributed by atoms with Crippen molar-refractivity contribution in [3.8, 4) is 0 Å². The number of carbonyl (C=O) groups is 1. The first-order chi connectivity index (χ1) is 11.9. The molecule has 1 fully saturated rings. The van der Waals surface area contributed by atoms with Crippen LogP contribution in [-0.4, -0.2) is 65.4 Å². The average molecular weight is 364 g/mol. The van der Waals surface area contributed by atoms with Gasteiger partial charge in [0.2, 0.25) is 10.0 Å². The van der Waals surface area contributed by atoms with E-state index in [1.165, 1.54) is 4.31 Å². The number of unbranched alkanes of at least 4 members (excludes halogenated alkanes) is 1. The Bertz CT molecular complexity index is 867. The van der Waals surface area contributed by atoms with E-state index in [1.807, 2.05) is 26.0 Å². The van der Waals surface area contributed by atoms with E-state index in [1.54, 1.807) is 11.0 Å². The minimum atomic E-state index is -3.20. The zero-order valence-corrected chi connectivity index (χ0v) is 15.5. The topological polar surface area (TPSA) is 86.4 Å². The summed E-state index contributed by atoms with van der Waals surface area (Å²) in [5.74, 6) is 0.929. The van der Waals surface area contributed by atoms with Crippen molar-refractivity contribution in [1.82, 2.24) is 19.2 Å². The number of hydrogen-bond donors (Lipinski definition) is 1. The Balaban J connectivity index is 1.66. The van der Waals surface area contributed by atoms with Crippen molar-refractivity contribution in [3.05, 3.63) is 29.6 Å². The SMILES string of the molecule is CCCCS(=O)(=O)N1CCN(C(=O)c2ccc3nc(C)[nH]c3c2)CC1. The van der Waals surface area contributed by atoms with Gasteiger partial charge in [0.25, 0.3) is 5.91 Å². The summed E-state index contributed by atoms with van der Waals surface area (Å²) < 4.78 is 26.0. The molecule has 3 rings (SSSR count). The summed E-state index contributed by atoms with van der Waals surface area (Å²) in [6.45, 7) is 5.42. The van der Waals surface area contributed by atoms with Crippen LogP contribution in [0.1, 0.15) is 35.9 Å². The molecular weight excluding hydrogens is 340 g/mol. The maximum Gasteiger partial charge on any atom is 0.254 e. The van der Waals surface area contributed by atoms with E-state index in [9.17, 15) is 13.2 Å². The molecule has 2 aromatic rings. The molecule has 1 aromatic carbocycles. The summed E-state index contributed by atoms with van der Waals surface area (Å²) in [7, 11) is -3.20. The molecule has 1 amide bonds. The van der Waals surface area contributed by atoms with Gasteiger partial charge in [-0.25, -0.2) is 13.4 Å². The van der Waals surface area contributed by atoms with E-state index in [0.29, 0.717) is 38.2 Å². The first kappa shape index (κ1) is 17.9. The van der Waals surface area contributed by atoms with Gasteiger partial charge in [-0.05, 0) is 31.5 Å². The van der Waals surface area contributed by atoms with Crippen LogP contribution in [0.3, 0.4) is 0 Å². The predicted octanol–water partition coefficient (Wildman–Crippen LogP) is 1.76. The van der Waals surface area contributed by atoms with Gasteiger partial charge in [-0.2, -0.15) is 4.31 Å². The molecular formula is C17H24N4O3S. The van der Waals surface area contributed by atoms with Crippen molar-refractivity contribution in [1.29, 1.82) is 0 Å². The Morgan fingerprint density at radius 2 is 1.96 bits per heavy atom. The minimum absolute atomic E-state index is 0.0697. The van der Waals surface area contributed by atoms with Crippen LogP contribution in [0.2, 0.25) is 0 Å². The number of amides is 1. The number of aryl methyl sites for hydroxylation is 1. The summed E-state index contributed by atoms with van der Waals surface area (Å²) in [6.07, 6.45) is 1.53. The quantitative estimate of drug-likeness (QED) is 0.876. The third-order valence-corrected chi connectivity index (χ3v) is 6.48. The number of aromatic amines is 1. The molecule has 1 N–H and O–H groups in total. The van der Waals surface area contributed by atoms with Crippen molar-refractivity contribution < 1.29 is 13.2 Å². The van der Waals surface area contributed by atoms with Gasteiger partial charge in [-0.15, -0.1) is 0 Å². The highest BCUT2D eigenvalue weighted by Crippen LogP contribution is 2.17. The van der Waals surface area contributed by atoms with Gasteiger partial charge in [0.15, 0.2) is 0 Å². The number of nitrogens with zero attached hydrogens (tertiary/aromatic N) is 3. The molecule has 1 aliphatic heterocycles.